The summed E-state index contributed by atoms with van der Waals surface area (Å²) in [7, 11) is 0. The minimum atomic E-state index is -1.74. The molecule has 0 aliphatic heterocycles. The molecule has 1 rings (SSSR count). The summed E-state index contributed by atoms with van der Waals surface area (Å²) in [5.41, 5.74) is 0.575. The van der Waals surface area contributed by atoms with Crippen LogP contribution in [0.4, 0.5) is 0 Å². The topological polar surface area (TPSA) is 257 Å². The molecule has 0 spiro atoms. The third kappa shape index (κ3) is 13.8. The molecule has 5 amide bonds. The number of carbonyl (C=O) groups is 8. The van der Waals surface area contributed by atoms with Gasteiger partial charge in [-0.15, -0.1) is 0 Å². The normalized spacial score (nSPS) is 14.1. The second-order valence-electron chi connectivity index (χ2n) is 10.5. The molecule has 1 aromatic carbocycles. The largest absolute Gasteiger partial charge is 0.481 e. The predicted molar refractivity (Wildman–Crippen MR) is 153 cm³/mol. The number of hydrogen-bond acceptors (Lipinski definition) is 8. The molecule has 8 N–H and O–H groups in total. The summed E-state index contributed by atoms with van der Waals surface area (Å²) in [6.45, 7) is 5.92. The fraction of sp³-hybridized carbons (Fsp3) is 0.500. The molecule has 0 radical (unpaired) electrons. The second kappa shape index (κ2) is 17.8. The minimum absolute atomic E-state index is 0.0480. The summed E-state index contributed by atoms with van der Waals surface area (Å²) in [5.74, 6) is -8.97. The van der Waals surface area contributed by atoms with Crippen LogP contribution in [0.3, 0.4) is 0 Å². The summed E-state index contributed by atoms with van der Waals surface area (Å²) >= 11 is 0. The molecule has 0 saturated heterocycles. The third-order valence-electron chi connectivity index (χ3n) is 6.07. The van der Waals surface area contributed by atoms with Gasteiger partial charge in [-0.25, -0.2) is 4.79 Å². The first-order valence-electron chi connectivity index (χ1n) is 13.7. The zero-order chi connectivity index (χ0) is 33.6. The highest BCUT2D eigenvalue weighted by Crippen LogP contribution is 2.07. The molecule has 0 heterocycles. The van der Waals surface area contributed by atoms with Crippen molar-refractivity contribution in [2.45, 2.75) is 83.6 Å². The number of amides is 5. The van der Waals surface area contributed by atoms with Crippen LogP contribution in [-0.2, 0) is 44.8 Å². The molecule has 242 valence electrons. The number of carboxylic acid groups (broad SMARTS) is 3. The van der Waals surface area contributed by atoms with Crippen LogP contribution in [0, 0.1) is 5.92 Å². The Balaban J connectivity index is 3.00. The van der Waals surface area contributed by atoms with E-state index in [-0.39, 0.29) is 18.8 Å². The van der Waals surface area contributed by atoms with Gasteiger partial charge < -0.3 is 41.9 Å². The molecule has 0 aromatic heterocycles. The van der Waals surface area contributed by atoms with Gasteiger partial charge in [0.15, 0.2) is 0 Å². The number of carboxylic acids is 3. The van der Waals surface area contributed by atoms with E-state index in [1.54, 1.807) is 44.2 Å². The van der Waals surface area contributed by atoms with Gasteiger partial charge in [0.2, 0.25) is 29.5 Å². The summed E-state index contributed by atoms with van der Waals surface area (Å²) in [6.07, 6.45) is -1.73. The molecule has 0 bridgehead atoms. The monoisotopic (exact) mass is 621 g/mol. The molecule has 16 heteroatoms. The van der Waals surface area contributed by atoms with Crippen LogP contribution < -0.4 is 26.6 Å². The molecule has 16 nitrogen and oxygen atoms in total. The van der Waals surface area contributed by atoms with Crippen LogP contribution in [0.15, 0.2) is 30.3 Å². The van der Waals surface area contributed by atoms with E-state index < -0.39 is 90.5 Å². The second-order valence-corrected chi connectivity index (χ2v) is 10.5. The highest BCUT2D eigenvalue weighted by Gasteiger charge is 2.32. The lowest BCUT2D eigenvalue weighted by Crippen LogP contribution is -2.58. The maximum Gasteiger partial charge on any atom is 0.326 e. The van der Waals surface area contributed by atoms with Crippen molar-refractivity contribution in [1.29, 1.82) is 0 Å². The number of rotatable bonds is 18. The lowest BCUT2D eigenvalue weighted by molar-refractivity contribution is -0.143. The molecule has 0 aliphatic rings. The number of hydrogen-bond donors (Lipinski definition) is 8. The Bertz CT molecular complexity index is 1220. The molecule has 44 heavy (non-hydrogen) atoms. The van der Waals surface area contributed by atoms with Crippen molar-refractivity contribution < 1.29 is 53.7 Å². The summed E-state index contributed by atoms with van der Waals surface area (Å²) in [5, 5.41) is 39.4. The Kier molecular flexibility index (Phi) is 15.0. The quantitative estimate of drug-likeness (QED) is 0.0963. The van der Waals surface area contributed by atoms with Crippen molar-refractivity contribution in [3.8, 4) is 0 Å². The van der Waals surface area contributed by atoms with Gasteiger partial charge in [-0.2, -0.15) is 0 Å². The van der Waals surface area contributed by atoms with E-state index in [1.165, 1.54) is 6.92 Å². The van der Waals surface area contributed by atoms with E-state index in [0.717, 1.165) is 6.92 Å². The van der Waals surface area contributed by atoms with Crippen molar-refractivity contribution in [2.24, 2.45) is 5.92 Å². The average Bonchev–Trinajstić information content (AvgIpc) is 2.90. The van der Waals surface area contributed by atoms with Gasteiger partial charge in [0.05, 0.1) is 12.8 Å². The Hall–Kier alpha value is -5.02. The van der Waals surface area contributed by atoms with Gasteiger partial charge >= 0.3 is 17.9 Å². The first-order chi connectivity index (χ1) is 20.5. The van der Waals surface area contributed by atoms with Crippen molar-refractivity contribution in [2.75, 3.05) is 0 Å². The number of carbonyl (C=O) groups excluding carboxylic acids is 5. The first-order valence-corrected chi connectivity index (χ1v) is 13.7. The van der Waals surface area contributed by atoms with Gasteiger partial charge in [-0.3, -0.25) is 33.6 Å². The lowest BCUT2D eigenvalue weighted by atomic mass is 10.0. The van der Waals surface area contributed by atoms with E-state index in [2.05, 4.69) is 26.6 Å². The SMILES string of the molecule is CC(=O)N[C@@H](CC(C)C)C(=O)N[C@@H](CC(=O)O)C(=O)N[C@@H](C)C(=O)N[C@@H](CC(=O)O)C(=O)N[C@@H](Cc1ccccc1)C(=O)O. The van der Waals surface area contributed by atoms with E-state index >= 15 is 0 Å². The van der Waals surface area contributed by atoms with Crippen molar-refractivity contribution in [1.82, 2.24) is 26.6 Å². The van der Waals surface area contributed by atoms with E-state index in [9.17, 15) is 53.7 Å². The Morgan fingerprint density at radius 3 is 1.52 bits per heavy atom. The summed E-state index contributed by atoms with van der Waals surface area (Å²) in [6, 6.07) is 0.937. The standard InChI is InChI=1S/C28H39N5O11/c1-14(2)10-18(30-16(4)34)26(41)32-19(12-22(35)36)25(40)29-15(3)24(39)31-20(13-23(37)38)27(42)33-21(28(43)44)11-17-8-6-5-7-9-17/h5-9,14-15,18-21H,10-13H2,1-4H3,(H,29,40)(H,30,34)(H,31,39)(H,32,41)(H,33,42)(H,35,36)(H,37,38)(H,43,44)/t15-,18-,19-,20-,21-/m0/s1. The van der Waals surface area contributed by atoms with Crippen molar-refractivity contribution >= 4 is 47.4 Å². The number of aliphatic carboxylic acids is 3. The number of benzene rings is 1. The first kappa shape index (κ1) is 37.0. The highest BCUT2D eigenvalue weighted by molar-refractivity contribution is 5.97. The highest BCUT2D eigenvalue weighted by atomic mass is 16.4. The zero-order valence-corrected chi connectivity index (χ0v) is 24.8. The van der Waals surface area contributed by atoms with Gasteiger partial charge in [0.1, 0.15) is 30.2 Å². The Labute approximate surface area is 253 Å². The molecular formula is C28H39N5O11. The smallest absolute Gasteiger partial charge is 0.326 e. The molecule has 0 unspecified atom stereocenters. The fourth-order valence-corrected chi connectivity index (χ4v) is 3.99. The van der Waals surface area contributed by atoms with Crippen LogP contribution in [0.2, 0.25) is 0 Å². The molecule has 0 saturated carbocycles. The third-order valence-corrected chi connectivity index (χ3v) is 6.07. The van der Waals surface area contributed by atoms with Crippen molar-refractivity contribution in [3.05, 3.63) is 35.9 Å². The van der Waals surface area contributed by atoms with E-state index in [0.29, 0.717) is 5.56 Å². The molecule has 5 atom stereocenters. The lowest BCUT2D eigenvalue weighted by Gasteiger charge is -2.25. The average molecular weight is 622 g/mol. The Morgan fingerprint density at radius 2 is 1.07 bits per heavy atom. The van der Waals surface area contributed by atoms with Crippen molar-refractivity contribution in [3.63, 3.8) is 0 Å². The van der Waals surface area contributed by atoms with E-state index in [1.807, 2.05) is 0 Å². The summed E-state index contributed by atoms with van der Waals surface area (Å²) < 4.78 is 0. The fourth-order valence-electron chi connectivity index (χ4n) is 3.99. The maximum absolute atomic E-state index is 12.9. The molecule has 1 aromatic rings. The predicted octanol–water partition coefficient (Wildman–Crippen LogP) is -1.23. The minimum Gasteiger partial charge on any atom is -0.481 e. The Morgan fingerprint density at radius 1 is 0.614 bits per heavy atom. The van der Waals surface area contributed by atoms with Gasteiger partial charge in [-0.1, -0.05) is 44.2 Å². The zero-order valence-electron chi connectivity index (χ0n) is 24.8. The molecular weight excluding hydrogens is 582 g/mol. The van der Waals surface area contributed by atoms with Crippen LogP contribution in [-0.4, -0.2) is 93.0 Å². The van der Waals surface area contributed by atoms with Gasteiger partial charge in [-0.05, 0) is 24.8 Å². The van der Waals surface area contributed by atoms with Crippen LogP contribution in [0.1, 0.15) is 52.5 Å². The van der Waals surface area contributed by atoms with Gasteiger partial charge in [0, 0.05) is 13.3 Å². The van der Waals surface area contributed by atoms with Crippen LogP contribution in [0.5, 0.6) is 0 Å². The number of nitrogens with one attached hydrogen (secondary N) is 5. The van der Waals surface area contributed by atoms with Crippen LogP contribution in [0.25, 0.3) is 0 Å². The van der Waals surface area contributed by atoms with E-state index in [4.69, 9.17) is 0 Å². The van der Waals surface area contributed by atoms with Gasteiger partial charge in [0.25, 0.3) is 0 Å². The van der Waals surface area contributed by atoms with Crippen LogP contribution >= 0.6 is 0 Å². The molecule has 0 aliphatic carbocycles. The maximum atomic E-state index is 12.9. The summed E-state index contributed by atoms with van der Waals surface area (Å²) in [4.78, 5) is 97.4. The molecule has 0 fully saturated rings.